The van der Waals surface area contributed by atoms with E-state index in [0.29, 0.717) is 16.7 Å². The molecule has 8 heteroatoms. The minimum atomic E-state index is -0.566. The van der Waals surface area contributed by atoms with Gasteiger partial charge in [-0.25, -0.2) is 0 Å². The summed E-state index contributed by atoms with van der Waals surface area (Å²) in [5.41, 5.74) is 4.19. The zero-order valence-corrected chi connectivity index (χ0v) is 17.8. The molecular formula is C23H17ClN4O2S. The average Bonchev–Trinajstić information content (AvgIpc) is 2.96. The Bertz CT molecular complexity index is 1240. The smallest absolute Gasteiger partial charge is 0.247 e. The third-order valence-corrected chi connectivity index (χ3v) is 6.03. The minimum absolute atomic E-state index is 0.0171. The standard InChI is InChI=1S/C23H17ClN4O2S/c24-17-12-15(10-11-19(17)29)21-25-18-9-5-4-8-16(18)20-22(30-21)26-23(28-27-20)31-13-14-6-2-1-3-7-14/h1-12,21,25,29H,13H2/t21-/m0/s1. The number of aromatic hydroxyl groups is 1. The van der Waals surface area contributed by atoms with Crippen LogP contribution in [-0.2, 0) is 5.75 Å². The van der Waals surface area contributed by atoms with Crippen molar-refractivity contribution in [3.05, 3.63) is 88.9 Å². The van der Waals surface area contributed by atoms with Gasteiger partial charge in [0.15, 0.2) is 11.9 Å². The number of phenols is 1. The molecule has 0 unspecified atom stereocenters. The van der Waals surface area contributed by atoms with E-state index in [9.17, 15) is 5.11 Å². The first-order chi connectivity index (χ1) is 15.2. The maximum Gasteiger partial charge on any atom is 0.247 e. The van der Waals surface area contributed by atoms with Gasteiger partial charge in [0.05, 0.1) is 5.02 Å². The largest absolute Gasteiger partial charge is 0.506 e. The molecule has 1 aliphatic rings. The molecule has 0 saturated carbocycles. The minimum Gasteiger partial charge on any atom is -0.506 e. The van der Waals surface area contributed by atoms with Crippen LogP contribution in [0.4, 0.5) is 5.69 Å². The Kier molecular flexibility index (Phi) is 5.36. The number of nitrogens with one attached hydrogen (secondary N) is 1. The molecule has 1 aromatic heterocycles. The molecule has 5 rings (SSSR count). The highest BCUT2D eigenvalue weighted by Gasteiger charge is 2.26. The summed E-state index contributed by atoms with van der Waals surface area (Å²) >= 11 is 7.62. The Hall–Kier alpha value is -3.29. The van der Waals surface area contributed by atoms with Crippen molar-refractivity contribution in [3.63, 3.8) is 0 Å². The molecule has 2 N–H and O–H groups in total. The lowest BCUT2D eigenvalue weighted by Crippen LogP contribution is -2.17. The normalized spacial score (nSPS) is 14.5. The zero-order chi connectivity index (χ0) is 21.2. The fourth-order valence-electron chi connectivity index (χ4n) is 3.27. The first kappa shape index (κ1) is 19.7. The van der Waals surface area contributed by atoms with E-state index in [1.165, 1.54) is 17.3 Å². The van der Waals surface area contributed by atoms with E-state index >= 15 is 0 Å². The lowest BCUT2D eigenvalue weighted by atomic mass is 10.1. The van der Waals surface area contributed by atoms with Crippen molar-refractivity contribution in [2.75, 3.05) is 5.32 Å². The van der Waals surface area contributed by atoms with Gasteiger partial charge in [-0.2, -0.15) is 4.98 Å². The molecule has 2 heterocycles. The first-order valence-corrected chi connectivity index (χ1v) is 11.0. The monoisotopic (exact) mass is 448 g/mol. The van der Waals surface area contributed by atoms with Crippen LogP contribution in [-0.4, -0.2) is 20.3 Å². The van der Waals surface area contributed by atoms with E-state index < -0.39 is 6.23 Å². The molecular weight excluding hydrogens is 432 g/mol. The molecule has 1 atom stereocenters. The van der Waals surface area contributed by atoms with Crippen molar-refractivity contribution < 1.29 is 9.84 Å². The SMILES string of the molecule is Oc1ccc([C@H]2Nc3ccccc3-c3nnc(SCc4ccccc4)nc3O2)cc1Cl. The van der Waals surface area contributed by atoms with Crippen LogP contribution in [0.3, 0.4) is 0 Å². The molecule has 0 fully saturated rings. The summed E-state index contributed by atoms with van der Waals surface area (Å²) in [4.78, 5) is 4.65. The Labute approximate surface area is 188 Å². The highest BCUT2D eigenvalue weighted by atomic mass is 35.5. The average molecular weight is 449 g/mol. The topological polar surface area (TPSA) is 80.2 Å². The summed E-state index contributed by atoms with van der Waals surface area (Å²) in [6.45, 7) is 0. The van der Waals surface area contributed by atoms with Crippen LogP contribution in [0.25, 0.3) is 11.3 Å². The number of aromatic nitrogens is 3. The van der Waals surface area contributed by atoms with Gasteiger partial charge >= 0.3 is 0 Å². The first-order valence-electron chi connectivity index (χ1n) is 9.60. The van der Waals surface area contributed by atoms with Crippen LogP contribution in [0.1, 0.15) is 17.4 Å². The van der Waals surface area contributed by atoms with Gasteiger partial charge in [-0.3, -0.25) is 0 Å². The number of phenolic OH excluding ortho intramolecular Hbond substituents is 1. The number of nitrogens with zero attached hydrogens (tertiary/aromatic N) is 3. The Morgan fingerprint density at radius 3 is 2.65 bits per heavy atom. The third-order valence-electron chi connectivity index (χ3n) is 4.82. The van der Waals surface area contributed by atoms with E-state index in [0.717, 1.165) is 22.6 Å². The molecule has 6 nitrogen and oxygen atoms in total. The second-order valence-corrected chi connectivity index (χ2v) is 8.27. The van der Waals surface area contributed by atoms with E-state index in [-0.39, 0.29) is 10.8 Å². The van der Waals surface area contributed by atoms with Crippen LogP contribution in [0.5, 0.6) is 11.6 Å². The molecule has 0 spiro atoms. The van der Waals surface area contributed by atoms with Gasteiger partial charge < -0.3 is 15.2 Å². The number of halogens is 1. The van der Waals surface area contributed by atoms with Crippen LogP contribution in [0.2, 0.25) is 5.02 Å². The summed E-state index contributed by atoms with van der Waals surface area (Å²) < 4.78 is 6.23. The van der Waals surface area contributed by atoms with E-state index in [1.54, 1.807) is 18.2 Å². The molecule has 31 heavy (non-hydrogen) atoms. The molecule has 0 saturated heterocycles. The predicted molar refractivity (Wildman–Crippen MR) is 121 cm³/mol. The molecule has 3 aromatic carbocycles. The maximum atomic E-state index is 9.78. The highest BCUT2D eigenvalue weighted by molar-refractivity contribution is 7.98. The summed E-state index contributed by atoms with van der Waals surface area (Å²) in [7, 11) is 0. The zero-order valence-electron chi connectivity index (χ0n) is 16.2. The number of hydrogen-bond donors (Lipinski definition) is 2. The Morgan fingerprint density at radius 2 is 1.81 bits per heavy atom. The molecule has 0 aliphatic carbocycles. The number of para-hydroxylation sites is 1. The summed E-state index contributed by atoms with van der Waals surface area (Å²) in [5.74, 6) is 1.13. The Balaban J connectivity index is 1.51. The van der Waals surface area contributed by atoms with Gasteiger partial charge in [0.2, 0.25) is 11.0 Å². The summed E-state index contributed by atoms with van der Waals surface area (Å²) in [6.07, 6.45) is -0.566. The second-order valence-electron chi connectivity index (χ2n) is 6.92. The van der Waals surface area contributed by atoms with E-state index in [1.807, 2.05) is 42.5 Å². The molecule has 0 bridgehead atoms. The quantitative estimate of drug-likeness (QED) is 0.388. The predicted octanol–water partition coefficient (Wildman–Crippen LogP) is 5.69. The number of benzene rings is 3. The molecule has 0 amide bonds. The lowest BCUT2D eigenvalue weighted by molar-refractivity contribution is 0.225. The van der Waals surface area contributed by atoms with Gasteiger partial charge in [-0.1, -0.05) is 71.9 Å². The van der Waals surface area contributed by atoms with Crippen LogP contribution in [0, 0.1) is 0 Å². The fraction of sp³-hybridized carbons (Fsp3) is 0.0870. The van der Waals surface area contributed by atoms with Gasteiger partial charge in [0.1, 0.15) is 5.75 Å². The van der Waals surface area contributed by atoms with Crippen LogP contribution >= 0.6 is 23.4 Å². The van der Waals surface area contributed by atoms with Gasteiger partial charge in [-0.05, 0) is 29.8 Å². The number of fused-ring (bicyclic) bond motifs is 3. The van der Waals surface area contributed by atoms with E-state index in [2.05, 4.69) is 32.6 Å². The van der Waals surface area contributed by atoms with Crippen LogP contribution < -0.4 is 10.1 Å². The Morgan fingerprint density at radius 1 is 1.00 bits per heavy atom. The molecule has 0 radical (unpaired) electrons. The lowest BCUT2D eigenvalue weighted by Gasteiger charge is -2.19. The van der Waals surface area contributed by atoms with Gasteiger partial charge in [0, 0.05) is 22.6 Å². The number of ether oxygens (including phenoxy) is 1. The molecule has 1 aliphatic heterocycles. The maximum absolute atomic E-state index is 9.78. The number of rotatable bonds is 4. The van der Waals surface area contributed by atoms with E-state index in [4.69, 9.17) is 16.3 Å². The molecule has 154 valence electrons. The summed E-state index contributed by atoms with van der Waals surface area (Å²) in [6, 6.07) is 22.8. The van der Waals surface area contributed by atoms with Crippen molar-refractivity contribution in [2.45, 2.75) is 17.1 Å². The number of hydrogen-bond acceptors (Lipinski definition) is 7. The third kappa shape index (κ3) is 4.15. The van der Waals surface area contributed by atoms with Crippen molar-refractivity contribution in [1.29, 1.82) is 0 Å². The second kappa shape index (κ2) is 8.45. The summed E-state index contributed by atoms with van der Waals surface area (Å²) in [5, 5.41) is 22.7. The van der Waals surface area contributed by atoms with Crippen molar-refractivity contribution in [2.24, 2.45) is 0 Å². The van der Waals surface area contributed by atoms with Crippen molar-refractivity contribution in [3.8, 4) is 22.9 Å². The van der Waals surface area contributed by atoms with Crippen molar-refractivity contribution >= 4 is 29.1 Å². The van der Waals surface area contributed by atoms with Gasteiger partial charge in [-0.15, -0.1) is 10.2 Å². The highest BCUT2D eigenvalue weighted by Crippen LogP contribution is 2.40. The number of thioether (sulfide) groups is 1. The van der Waals surface area contributed by atoms with Crippen LogP contribution in [0.15, 0.2) is 78.0 Å². The number of anilines is 1. The molecule has 4 aromatic rings. The fourth-order valence-corrected chi connectivity index (χ4v) is 4.19. The van der Waals surface area contributed by atoms with Gasteiger partial charge in [0.25, 0.3) is 0 Å². The van der Waals surface area contributed by atoms with Crippen molar-refractivity contribution in [1.82, 2.24) is 15.2 Å².